The predicted molar refractivity (Wildman–Crippen MR) is 160 cm³/mol. The fraction of sp³-hybridized carbons (Fsp3) is 0.143. The fourth-order valence-corrected chi connectivity index (χ4v) is 4.58. The molecule has 4 heterocycles. The highest BCUT2D eigenvalue weighted by Crippen LogP contribution is 2.31. The Labute approximate surface area is 253 Å². The van der Waals surface area contributed by atoms with Crippen molar-refractivity contribution < 1.29 is 18.9 Å². The van der Waals surface area contributed by atoms with Gasteiger partial charge in [0.1, 0.15) is 36.0 Å². The van der Waals surface area contributed by atoms with Crippen LogP contribution in [0.5, 0.6) is 23.3 Å². The van der Waals surface area contributed by atoms with Crippen LogP contribution < -0.4 is 18.9 Å². The van der Waals surface area contributed by atoms with E-state index < -0.39 is 0 Å². The van der Waals surface area contributed by atoms with E-state index in [9.17, 15) is 0 Å². The van der Waals surface area contributed by atoms with E-state index in [-0.39, 0.29) is 10.6 Å². The number of benzene rings is 2. The summed E-state index contributed by atoms with van der Waals surface area (Å²) in [5, 5.41) is 1.88. The molecule has 0 aliphatic carbocycles. The van der Waals surface area contributed by atoms with Crippen molar-refractivity contribution in [1.29, 1.82) is 0 Å². The molecule has 0 aliphatic rings. The molecule has 0 fully saturated rings. The molecule has 0 saturated carbocycles. The Hall–Kier alpha value is -4.06. The van der Waals surface area contributed by atoms with Gasteiger partial charge in [-0.1, -0.05) is 24.3 Å². The van der Waals surface area contributed by atoms with E-state index >= 15 is 0 Å². The lowest BCUT2D eigenvalue weighted by Crippen LogP contribution is -1.99. The predicted octanol–water partition coefficient (Wildman–Crippen LogP) is 7.16. The van der Waals surface area contributed by atoms with Gasteiger partial charge in [-0.25, -0.2) is 0 Å². The van der Waals surface area contributed by atoms with Crippen molar-refractivity contribution in [2.75, 3.05) is 14.2 Å². The van der Waals surface area contributed by atoms with E-state index in [0.717, 1.165) is 37.9 Å². The maximum Gasteiger partial charge on any atom is 0.228 e. The molecule has 41 heavy (non-hydrogen) atoms. The Balaban J connectivity index is 0.000000165. The second kappa shape index (κ2) is 13.1. The maximum absolute atomic E-state index is 5.90. The number of halogens is 3. The molecular formula is C28H23BrCl2N6O4. The highest BCUT2D eigenvalue weighted by molar-refractivity contribution is 9.10. The minimum Gasteiger partial charge on any atom is -0.497 e. The van der Waals surface area contributed by atoms with Gasteiger partial charge in [-0.3, -0.25) is 0 Å². The molecule has 0 radical (unpaired) electrons. The number of nitrogens with one attached hydrogen (secondary N) is 2. The zero-order valence-corrected chi connectivity index (χ0v) is 24.9. The SMILES string of the molecule is COc1ccc(COc2nc(Cl)nc3[nH]cc(Br)c23)cc1.COc1ccc(COc2nc(Cl)nc3[nH]ccc23)cc1. The second-order valence-electron chi connectivity index (χ2n) is 8.47. The molecule has 10 nitrogen and oxygen atoms in total. The van der Waals surface area contributed by atoms with Gasteiger partial charge < -0.3 is 28.9 Å². The van der Waals surface area contributed by atoms with Crippen LogP contribution in [0.25, 0.3) is 22.1 Å². The molecule has 0 aliphatic heterocycles. The lowest BCUT2D eigenvalue weighted by Gasteiger charge is -2.08. The minimum absolute atomic E-state index is 0.140. The molecule has 13 heteroatoms. The highest BCUT2D eigenvalue weighted by Gasteiger charge is 2.13. The summed E-state index contributed by atoms with van der Waals surface area (Å²) in [6.07, 6.45) is 3.55. The lowest BCUT2D eigenvalue weighted by atomic mass is 10.2. The van der Waals surface area contributed by atoms with Gasteiger partial charge >= 0.3 is 0 Å². The monoisotopic (exact) mass is 656 g/mol. The summed E-state index contributed by atoms with van der Waals surface area (Å²) in [4.78, 5) is 22.4. The summed E-state index contributed by atoms with van der Waals surface area (Å²) in [6.45, 7) is 0.779. The molecule has 4 aromatic heterocycles. The third-order valence-corrected chi connectivity index (χ3v) is 6.81. The van der Waals surface area contributed by atoms with E-state index in [0.29, 0.717) is 36.3 Å². The zero-order valence-electron chi connectivity index (χ0n) is 21.8. The van der Waals surface area contributed by atoms with Crippen molar-refractivity contribution in [3.63, 3.8) is 0 Å². The smallest absolute Gasteiger partial charge is 0.228 e. The van der Waals surface area contributed by atoms with Crippen LogP contribution in [0.3, 0.4) is 0 Å². The number of H-pyrrole nitrogens is 2. The van der Waals surface area contributed by atoms with Crippen LogP contribution in [-0.4, -0.2) is 44.1 Å². The number of ether oxygens (including phenoxy) is 4. The van der Waals surface area contributed by atoms with Crippen LogP contribution in [0.4, 0.5) is 0 Å². The van der Waals surface area contributed by atoms with Gasteiger partial charge in [-0.15, -0.1) is 0 Å². The van der Waals surface area contributed by atoms with E-state index in [4.69, 9.17) is 42.1 Å². The Morgan fingerprint density at radius 2 is 1.22 bits per heavy atom. The van der Waals surface area contributed by atoms with Crippen molar-refractivity contribution in [3.05, 3.63) is 93.2 Å². The summed E-state index contributed by atoms with van der Waals surface area (Å²) in [6, 6.07) is 17.1. The van der Waals surface area contributed by atoms with Gasteiger partial charge in [0.25, 0.3) is 0 Å². The largest absolute Gasteiger partial charge is 0.497 e. The van der Waals surface area contributed by atoms with E-state index in [2.05, 4.69) is 45.8 Å². The molecule has 2 aromatic carbocycles. The van der Waals surface area contributed by atoms with Crippen molar-refractivity contribution in [2.45, 2.75) is 13.2 Å². The minimum atomic E-state index is 0.140. The summed E-state index contributed by atoms with van der Waals surface area (Å²) < 4.78 is 22.6. The average Bonchev–Trinajstić information content (AvgIpc) is 3.62. The molecule has 0 amide bonds. The van der Waals surface area contributed by atoms with E-state index in [1.165, 1.54) is 0 Å². The molecule has 2 N–H and O–H groups in total. The van der Waals surface area contributed by atoms with Crippen molar-refractivity contribution >= 4 is 61.2 Å². The van der Waals surface area contributed by atoms with Gasteiger partial charge in [-0.2, -0.15) is 19.9 Å². The highest BCUT2D eigenvalue weighted by atomic mass is 79.9. The van der Waals surface area contributed by atoms with Gasteiger partial charge in [-0.05, 0) is 80.6 Å². The molecule has 0 unspecified atom stereocenters. The van der Waals surface area contributed by atoms with E-state index in [1.807, 2.05) is 54.6 Å². The molecule has 0 bridgehead atoms. The third kappa shape index (κ3) is 6.99. The Bertz CT molecular complexity index is 1760. The first-order chi connectivity index (χ1) is 19.9. The van der Waals surface area contributed by atoms with Crippen molar-refractivity contribution in [2.24, 2.45) is 0 Å². The van der Waals surface area contributed by atoms with Gasteiger partial charge in [0.05, 0.1) is 25.0 Å². The summed E-state index contributed by atoms with van der Waals surface area (Å²) >= 11 is 15.2. The van der Waals surface area contributed by atoms with Crippen molar-refractivity contribution in [3.8, 4) is 23.3 Å². The van der Waals surface area contributed by atoms with Crippen LogP contribution in [0.1, 0.15) is 11.1 Å². The first kappa shape index (κ1) is 28.5. The molecular weight excluding hydrogens is 635 g/mol. The number of methoxy groups -OCH3 is 2. The normalized spacial score (nSPS) is 10.8. The number of hydrogen-bond donors (Lipinski definition) is 2. The fourth-order valence-electron chi connectivity index (χ4n) is 3.79. The van der Waals surface area contributed by atoms with Crippen LogP contribution in [0.2, 0.25) is 10.6 Å². The van der Waals surface area contributed by atoms with Crippen LogP contribution in [0.15, 0.2) is 71.5 Å². The molecule has 0 spiro atoms. The van der Waals surface area contributed by atoms with Crippen LogP contribution >= 0.6 is 39.1 Å². The number of fused-ring (bicyclic) bond motifs is 2. The van der Waals surface area contributed by atoms with Gasteiger partial charge in [0, 0.05) is 16.9 Å². The Kier molecular flexibility index (Phi) is 9.07. The third-order valence-electron chi connectivity index (χ3n) is 5.85. The number of aromatic amines is 2. The molecule has 0 atom stereocenters. The van der Waals surface area contributed by atoms with Crippen molar-refractivity contribution in [1.82, 2.24) is 29.9 Å². The topological polar surface area (TPSA) is 120 Å². The molecule has 6 rings (SSSR count). The number of nitrogens with zero attached hydrogens (tertiary/aromatic N) is 4. The molecule has 6 aromatic rings. The second-order valence-corrected chi connectivity index (χ2v) is 10.00. The first-order valence-corrected chi connectivity index (χ1v) is 13.7. The summed E-state index contributed by atoms with van der Waals surface area (Å²) in [5.74, 6) is 2.53. The molecule has 210 valence electrons. The summed E-state index contributed by atoms with van der Waals surface area (Å²) in [5.41, 5.74) is 3.32. The van der Waals surface area contributed by atoms with Gasteiger partial charge in [0.2, 0.25) is 22.3 Å². The standard InChI is InChI=1S/C14H11BrClN3O2.C14H12ClN3O2/c1-20-9-4-2-8(3-5-9)7-21-13-11-10(15)6-17-12(11)18-14(16)19-13;1-19-10-4-2-9(3-5-10)8-20-13-11-6-7-16-12(11)17-14(15)18-13/h2-6H,7H2,1H3,(H,17,18,19);2-7H,8H2,1H3,(H,16,17,18). The van der Waals surface area contributed by atoms with E-state index in [1.54, 1.807) is 26.6 Å². The van der Waals surface area contributed by atoms with Crippen LogP contribution in [-0.2, 0) is 13.2 Å². The quantitative estimate of drug-likeness (QED) is 0.166. The number of hydrogen-bond acceptors (Lipinski definition) is 8. The zero-order chi connectivity index (χ0) is 28.8. The number of rotatable bonds is 8. The maximum atomic E-state index is 5.90. The molecule has 0 saturated heterocycles. The average molecular weight is 658 g/mol. The van der Waals surface area contributed by atoms with Crippen LogP contribution in [0, 0.1) is 0 Å². The number of aromatic nitrogens is 6. The first-order valence-electron chi connectivity index (χ1n) is 12.2. The Morgan fingerprint density at radius 3 is 1.80 bits per heavy atom. The summed E-state index contributed by atoms with van der Waals surface area (Å²) in [7, 11) is 3.27. The van der Waals surface area contributed by atoms with Gasteiger partial charge in [0.15, 0.2) is 0 Å². The Morgan fingerprint density at radius 1 is 0.683 bits per heavy atom. The lowest BCUT2D eigenvalue weighted by molar-refractivity contribution is 0.297.